The summed E-state index contributed by atoms with van der Waals surface area (Å²) in [6.45, 7) is 2.45. The molecule has 0 fully saturated rings. The lowest BCUT2D eigenvalue weighted by molar-refractivity contribution is -0.116. The Kier molecular flexibility index (Phi) is 5.09. The van der Waals surface area contributed by atoms with Gasteiger partial charge in [-0.05, 0) is 43.3 Å². The number of halogens is 1. The predicted molar refractivity (Wildman–Crippen MR) is 93.1 cm³/mol. The zero-order chi connectivity index (χ0) is 17.6. The van der Waals surface area contributed by atoms with E-state index >= 15 is 0 Å². The molecule has 0 saturated carbocycles. The van der Waals surface area contributed by atoms with Gasteiger partial charge in [-0.15, -0.1) is 0 Å². The number of carbonyl (C=O) groups excluding carboxylic acids is 1. The van der Waals surface area contributed by atoms with Crippen LogP contribution in [0.4, 0.5) is 10.1 Å². The maximum Gasteiger partial charge on any atom is 0.226 e. The molecule has 0 atom stereocenters. The van der Waals surface area contributed by atoms with Crippen molar-refractivity contribution in [2.24, 2.45) is 0 Å². The second kappa shape index (κ2) is 7.61. The van der Waals surface area contributed by atoms with Crippen molar-refractivity contribution in [2.75, 3.05) is 5.32 Å². The molecule has 1 aromatic heterocycles. The Balaban J connectivity index is 1.65. The highest BCUT2D eigenvalue weighted by atomic mass is 19.1. The Bertz CT molecular complexity index is 859. The lowest BCUT2D eigenvalue weighted by Crippen LogP contribution is -2.15. The number of rotatable bonds is 6. The van der Waals surface area contributed by atoms with Crippen molar-refractivity contribution in [3.8, 4) is 11.5 Å². The van der Waals surface area contributed by atoms with Crippen LogP contribution in [-0.4, -0.2) is 15.5 Å². The highest BCUT2D eigenvalue weighted by molar-refractivity contribution is 5.92. The molecule has 5 nitrogen and oxygen atoms in total. The summed E-state index contributed by atoms with van der Waals surface area (Å²) < 4.78 is 20.6. The average molecular weight is 339 g/mol. The molecule has 0 radical (unpaired) electrons. The summed E-state index contributed by atoms with van der Waals surface area (Å²) in [5, 5.41) is 2.85. The maximum absolute atomic E-state index is 13.0. The van der Waals surface area contributed by atoms with Gasteiger partial charge in [0.15, 0.2) is 5.75 Å². The van der Waals surface area contributed by atoms with Crippen LogP contribution < -0.4 is 10.1 Å². The predicted octanol–water partition coefficient (Wildman–Crippen LogP) is 4.15. The molecule has 0 aliphatic heterocycles. The van der Waals surface area contributed by atoms with Crippen LogP contribution in [0.1, 0.15) is 12.2 Å². The van der Waals surface area contributed by atoms with E-state index in [4.69, 9.17) is 4.74 Å². The van der Waals surface area contributed by atoms with Gasteiger partial charge in [0.25, 0.3) is 0 Å². The number of benzene rings is 2. The van der Waals surface area contributed by atoms with Crippen LogP contribution in [0, 0.1) is 12.7 Å². The van der Waals surface area contributed by atoms with Crippen LogP contribution in [0.2, 0.25) is 0 Å². The number of amides is 1. The number of aromatic nitrogens is 2. The summed E-state index contributed by atoms with van der Waals surface area (Å²) in [5.74, 6) is 1.42. The molecule has 2 aromatic carbocycles. The van der Waals surface area contributed by atoms with Gasteiger partial charge in [-0.2, -0.15) is 0 Å². The standard InChI is InChI=1S/C19H18FN3O2/c1-14-21-11-13-23(14)12-10-19(24)22-17-4-2-3-5-18(17)25-16-8-6-15(20)7-9-16/h2-9,11,13H,10,12H2,1H3,(H,22,24). The van der Waals surface area contributed by atoms with Crippen molar-refractivity contribution < 1.29 is 13.9 Å². The van der Waals surface area contributed by atoms with E-state index in [-0.39, 0.29) is 11.7 Å². The molecule has 3 aromatic rings. The number of anilines is 1. The van der Waals surface area contributed by atoms with Gasteiger partial charge in [-0.25, -0.2) is 9.37 Å². The van der Waals surface area contributed by atoms with E-state index in [0.29, 0.717) is 30.2 Å². The van der Waals surface area contributed by atoms with Gasteiger partial charge in [0.1, 0.15) is 17.4 Å². The molecule has 0 spiro atoms. The number of hydrogen-bond donors (Lipinski definition) is 1. The fourth-order valence-electron chi connectivity index (χ4n) is 2.36. The molecule has 25 heavy (non-hydrogen) atoms. The number of nitrogens with one attached hydrogen (secondary N) is 1. The van der Waals surface area contributed by atoms with Gasteiger partial charge in [0, 0.05) is 25.4 Å². The Morgan fingerprint density at radius 2 is 1.96 bits per heavy atom. The van der Waals surface area contributed by atoms with Gasteiger partial charge in [0.05, 0.1) is 5.69 Å². The largest absolute Gasteiger partial charge is 0.455 e. The second-order valence-corrected chi connectivity index (χ2v) is 5.52. The minimum absolute atomic E-state index is 0.122. The SMILES string of the molecule is Cc1nccn1CCC(=O)Nc1ccccc1Oc1ccc(F)cc1. The summed E-state index contributed by atoms with van der Waals surface area (Å²) >= 11 is 0. The first-order valence-corrected chi connectivity index (χ1v) is 7.92. The summed E-state index contributed by atoms with van der Waals surface area (Å²) in [5.41, 5.74) is 0.569. The molecule has 0 unspecified atom stereocenters. The monoisotopic (exact) mass is 339 g/mol. The molecule has 128 valence electrons. The van der Waals surface area contributed by atoms with E-state index in [0.717, 1.165) is 5.82 Å². The van der Waals surface area contributed by atoms with Crippen molar-refractivity contribution in [1.82, 2.24) is 9.55 Å². The molecule has 0 aliphatic carbocycles. The summed E-state index contributed by atoms with van der Waals surface area (Å²) in [7, 11) is 0. The van der Waals surface area contributed by atoms with E-state index in [1.165, 1.54) is 24.3 Å². The van der Waals surface area contributed by atoms with Crippen LogP contribution in [0.15, 0.2) is 60.9 Å². The molecule has 0 aliphatic rings. The Morgan fingerprint density at radius 3 is 2.68 bits per heavy atom. The van der Waals surface area contributed by atoms with E-state index in [2.05, 4.69) is 10.3 Å². The maximum atomic E-state index is 13.0. The van der Waals surface area contributed by atoms with E-state index in [9.17, 15) is 9.18 Å². The first-order valence-electron chi connectivity index (χ1n) is 7.92. The fraction of sp³-hybridized carbons (Fsp3) is 0.158. The molecule has 1 heterocycles. The molecule has 1 amide bonds. The van der Waals surface area contributed by atoms with Gasteiger partial charge in [-0.1, -0.05) is 12.1 Å². The van der Waals surface area contributed by atoms with Crippen LogP contribution in [0.5, 0.6) is 11.5 Å². The Hall–Kier alpha value is -3.15. The van der Waals surface area contributed by atoms with Gasteiger partial charge in [0.2, 0.25) is 5.91 Å². The van der Waals surface area contributed by atoms with Gasteiger partial charge >= 0.3 is 0 Å². The summed E-state index contributed by atoms with van der Waals surface area (Å²) in [6.07, 6.45) is 3.87. The van der Waals surface area contributed by atoms with Crippen LogP contribution in [-0.2, 0) is 11.3 Å². The minimum atomic E-state index is -0.330. The first-order chi connectivity index (χ1) is 12.1. The van der Waals surface area contributed by atoms with Crippen molar-refractivity contribution in [1.29, 1.82) is 0 Å². The summed E-state index contributed by atoms with van der Waals surface area (Å²) in [6, 6.07) is 12.9. The fourth-order valence-corrected chi connectivity index (χ4v) is 2.36. The number of aryl methyl sites for hydroxylation is 2. The highest BCUT2D eigenvalue weighted by Gasteiger charge is 2.09. The molecule has 1 N–H and O–H groups in total. The third-order valence-corrected chi connectivity index (χ3v) is 3.71. The van der Waals surface area contributed by atoms with Crippen molar-refractivity contribution >= 4 is 11.6 Å². The van der Waals surface area contributed by atoms with Gasteiger partial charge < -0.3 is 14.6 Å². The van der Waals surface area contributed by atoms with Crippen molar-refractivity contribution in [3.05, 3.63) is 72.6 Å². The number of nitrogens with zero attached hydrogens (tertiary/aromatic N) is 2. The molecule has 0 saturated heterocycles. The lowest BCUT2D eigenvalue weighted by Gasteiger charge is -2.12. The lowest BCUT2D eigenvalue weighted by atomic mass is 10.2. The second-order valence-electron chi connectivity index (χ2n) is 5.52. The highest BCUT2D eigenvalue weighted by Crippen LogP contribution is 2.29. The minimum Gasteiger partial charge on any atom is -0.455 e. The van der Waals surface area contributed by atoms with Gasteiger partial charge in [-0.3, -0.25) is 4.79 Å². The topological polar surface area (TPSA) is 56.2 Å². The Labute approximate surface area is 145 Å². The molecule has 3 rings (SSSR count). The van der Waals surface area contributed by atoms with E-state index in [1.54, 1.807) is 18.3 Å². The zero-order valence-corrected chi connectivity index (χ0v) is 13.8. The molecular weight excluding hydrogens is 321 g/mol. The van der Waals surface area contributed by atoms with E-state index in [1.807, 2.05) is 29.8 Å². The number of ether oxygens (including phenoxy) is 1. The van der Waals surface area contributed by atoms with Crippen molar-refractivity contribution in [2.45, 2.75) is 19.9 Å². The number of imidazole rings is 1. The smallest absolute Gasteiger partial charge is 0.226 e. The number of para-hydroxylation sites is 2. The molecule has 0 bridgehead atoms. The first kappa shape index (κ1) is 16.7. The van der Waals surface area contributed by atoms with Crippen molar-refractivity contribution in [3.63, 3.8) is 0 Å². The Morgan fingerprint density at radius 1 is 1.20 bits per heavy atom. The van der Waals surface area contributed by atoms with Crippen LogP contribution in [0.3, 0.4) is 0 Å². The molecule has 6 heteroatoms. The zero-order valence-electron chi connectivity index (χ0n) is 13.8. The average Bonchev–Trinajstić information content (AvgIpc) is 3.02. The quantitative estimate of drug-likeness (QED) is 0.734. The summed E-state index contributed by atoms with van der Waals surface area (Å²) in [4.78, 5) is 16.3. The third-order valence-electron chi connectivity index (χ3n) is 3.71. The normalized spacial score (nSPS) is 10.5. The number of carbonyl (C=O) groups is 1. The van der Waals surface area contributed by atoms with Crippen LogP contribution in [0.25, 0.3) is 0 Å². The molecular formula is C19H18FN3O2. The van der Waals surface area contributed by atoms with E-state index < -0.39 is 0 Å². The van der Waals surface area contributed by atoms with Crippen LogP contribution >= 0.6 is 0 Å². The third kappa shape index (κ3) is 4.44. The number of hydrogen-bond acceptors (Lipinski definition) is 3.